The van der Waals surface area contributed by atoms with E-state index in [0.717, 1.165) is 24.3 Å². The van der Waals surface area contributed by atoms with Gasteiger partial charge < -0.3 is 0 Å². The van der Waals surface area contributed by atoms with Crippen LogP contribution in [0.4, 0.5) is 26.3 Å². The molecular weight excluding hydrogens is 389 g/mol. The summed E-state index contributed by atoms with van der Waals surface area (Å²) in [5, 5.41) is 0.429. The molecule has 0 aromatic heterocycles. The summed E-state index contributed by atoms with van der Waals surface area (Å²) in [4.78, 5) is 0. The van der Waals surface area contributed by atoms with Crippen LogP contribution in [0.1, 0.15) is 11.1 Å². The lowest BCUT2D eigenvalue weighted by Gasteiger charge is -2.33. The molecule has 0 fully saturated rings. The zero-order valence-electron chi connectivity index (χ0n) is 12.6. The molecule has 2 rings (SSSR count). The van der Waals surface area contributed by atoms with Crippen LogP contribution in [0.5, 0.6) is 0 Å². The molecule has 0 nitrogen and oxygen atoms in total. The molecular formula is C17H12Cl2F6. The van der Waals surface area contributed by atoms with Gasteiger partial charge in [0.1, 0.15) is 0 Å². The van der Waals surface area contributed by atoms with Gasteiger partial charge in [0.15, 0.2) is 0 Å². The van der Waals surface area contributed by atoms with Crippen LogP contribution in [-0.2, 0) is 12.8 Å². The lowest BCUT2D eigenvalue weighted by molar-refractivity contribution is -0.307. The van der Waals surface area contributed by atoms with Gasteiger partial charge in [0.25, 0.3) is 0 Å². The summed E-state index contributed by atoms with van der Waals surface area (Å²) >= 11 is 11.2. The second-order valence-corrected chi connectivity index (χ2v) is 6.46. The Morgan fingerprint density at radius 3 is 1.12 bits per heavy atom. The van der Waals surface area contributed by atoms with Gasteiger partial charge in [0, 0.05) is 22.9 Å². The fourth-order valence-corrected chi connectivity index (χ4v) is 2.46. The highest BCUT2D eigenvalue weighted by Crippen LogP contribution is 2.48. The Kier molecular flexibility index (Phi) is 5.64. The maximum Gasteiger partial charge on any atom is 0.372 e. The minimum atomic E-state index is -5.54. The highest BCUT2D eigenvalue weighted by Gasteiger charge is 2.70. The molecule has 0 bridgehead atoms. The lowest BCUT2D eigenvalue weighted by atomic mass is 9.93. The zero-order chi connectivity index (χ0) is 18.9. The summed E-state index contributed by atoms with van der Waals surface area (Å²) in [5.74, 6) is -15.4. The van der Waals surface area contributed by atoms with Gasteiger partial charge in [-0.3, -0.25) is 0 Å². The molecule has 8 heteroatoms. The maximum absolute atomic E-state index is 14.0. The topological polar surface area (TPSA) is 0 Å². The Hall–Kier alpha value is -1.40. The fraction of sp³-hybridized carbons (Fsp3) is 0.294. The molecule has 0 N–H and O–H groups in total. The summed E-state index contributed by atoms with van der Waals surface area (Å²) in [5.41, 5.74) is -0.451. The Balaban J connectivity index is 2.23. The number of benzene rings is 2. The molecule has 25 heavy (non-hydrogen) atoms. The summed E-state index contributed by atoms with van der Waals surface area (Å²) in [6, 6.07) is 9.22. The van der Waals surface area contributed by atoms with Crippen molar-refractivity contribution in [2.24, 2.45) is 0 Å². The monoisotopic (exact) mass is 400 g/mol. The van der Waals surface area contributed by atoms with E-state index < -0.39 is 30.6 Å². The zero-order valence-corrected chi connectivity index (χ0v) is 14.1. The minimum Gasteiger partial charge on any atom is -0.199 e. The first kappa shape index (κ1) is 19.9. The summed E-state index contributed by atoms with van der Waals surface area (Å²) in [6.45, 7) is 0. The largest absolute Gasteiger partial charge is 0.372 e. The average molecular weight is 401 g/mol. The van der Waals surface area contributed by atoms with Crippen molar-refractivity contribution in [2.75, 3.05) is 0 Å². The Bertz CT molecular complexity index is 649. The van der Waals surface area contributed by atoms with Crippen LogP contribution in [0.3, 0.4) is 0 Å². The molecule has 0 unspecified atom stereocenters. The highest BCUT2D eigenvalue weighted by atomic mass is 35.5. The predicted molar refractivity (Wildman–Crippen MR) is 85.2 cm³/mol. The van der Waals surface area contributed by atoms with Crippen LogP contribution >= 0.6 is 23.2 Å². The number of alkyl halides is 6. The van der Waals surface area contributed by atoms with Crippen molar-refractivity contribution >= 4 is 23.2 Å². The molecule has 136 valence electrons. The second kappa shape index (κ2) is 7.08. The van der Waals surface area contributed by atoms with Crippen LogP contribution in [-0.4, -0.2) is 17.8 Å². The molecule has 0 amide bonds. The van der Waals surface area contributed by atoms with Crippen molar-refractivity contribution in [3.8, 4) is 0 Å². The molecule has 0 saturated heterocycles. The summed E-state index contributed by atoms with van der Waals surface area (Å²) in [7, 11) is 0. The molecule has 2 aromatic rings. The predicted octanol–water partition coefficient (Wildman–Crippen LogP) is 6.68. The van der Waals surface area contributed by atoms with Gasteiger partial charge in [0.05, 0.1) is 0 Å². The molecule has 2 aromatic carbocycles. The quantitative estimate of drug-likeness (QED) is 0.474. The smallest absolute Gasteiger partial charge is 0.199 e. The molecule has 0 heterocycles. The van der Waals surface area contributed by atoms with Crippen LogP contribution in [0.2, 0.25) is 10.0 Å². The normalized spacial score (nSPS) is 13.1. The van der Waals surface area contributed by atoms with E-state index in [4.69, 9.17) is 23.2 Å². The van der Waals surface area contributed by atoms with Crippen LogP contribution in [0.25, 0.3) is 0 Å². The Morgan fingerprint density at radius 2 is 0.840 bits per heavy atom. The van der Waals surface area contributed by atoms with Crippen molar-refractivity contribution in [1.82, 2.24) is 0 Å². The van der Waals surface area contributed by atoms with E-state index in [-0.39, 0.29) is 21.2 Å². The number of rotatable bonds is 6. The second-order valence-electron chi connectivity index (χ2n) is 5.59. The van der Waals surface area contributed by atoms with Gasteiger partial charge in [-0.25, -0.2) is 0 Å². The van der Waals surface area contributed by atoms with E-state index in [1.165, 1.54) is 24.3 Å². The standard InChI is InChI=1S/C17H12Cl2F6/c18-13-5-1-11(2-6-13)9-15(20,21)17(24,25)16(22,23)10-12-3-7-14(19)8-4-12/h1-8H,9-10H2. The van der Waals surface area contributed by atoms with E-state index in [2.05, 4.69) is 0 Å². The third kappa shape index (κ3) is 4.42. The fourth-order valence-electron chi connectivity index (χ4n) is 2.21. The molecule has 0 aliphatic carbocycles. The number of hydrogen-bond acceptors (Lipinski definition) is 0. The first-order valence-electron chi connectivity index (χ1n) is 7.07. The first-order chi connectivity index (χ1) is 11.4. The minimum absolute atomic E-state index is 0.215. The van der Waals surface area contributed by atoms with Crippen molar-refractivity contribution in [3.63, 3.8) is 0 Å². The van der Waals surface area contributed by atoms with Crippen molar-refractivity contribution in [2.45, 2.75) is 30.6 Å². The first-order valence-corrected chi connectivity index (χ1v) is 7.82. The third-order valence-electron chi connectivity index (χ3n) is 3.60. The maximum atomic E-state index is 14.0. The molecule has 0 spiro atoms. The molecule has 0 aliphatic heterocycles. The van der Waals surface area contributed by atoms with Gasteiger partial charge in [0.2, 0.25) is 0 Å². The summed E-state index contributed by atoms with van der Waals surface area (Å²) < 4.78 is 83.8. The van der Waals surface area contributed by atoms with Gasteiger partial charge >= 0.3 is 17.8 Å². The van der Waals surface area contributed by atoms with Crippen LogP contribution in [0, 0.1) is 0 Å². The summed E-state index contributed by atoms with van der Waals surface area (Å²) in [6.07, 6.45) is -3.07. The Labute approximate surface area is 150 Å². The number of halogens is 8. The highest BCUT2D eigenvalue weighted by molar-refractivity contribution is 6.30. The van der Waals surface area contributed by atoms with Crippen molar-refractivity contribution in [1.29, 1.82) is 0 Å². The van der Waals surface area contributed by atoms with Gasteiger partial charge in [-0.15, -0.1) is 0 Å². The average Bonchev–Trinajstić information content (AvgIpc) is 2.51. The molecule has 0 radical (unpaired) electrons. The lowest BCUT2D eigenvalue weighted by Crippen LogP contribution is -2.56. The molecule has 0 aliphatic rings. The van der Waals surface area contributed by atoms with Gasteiger partial charge in [-0.1, -0.05) is 47.5 Å². The molecule has 0 atom stereocenters. The van der Waals surface area contributed by atoms with E-state index in [1.807, 2.05) is 0 Å². The van der Waals surface area contributed by atoms with Crippen molar-refractivity contribution < 1.29 is 26.3 Å². The van der Waals surface area contributed by atoms with Gasteiger partial charge in [-0.05, 0) is 35.4 Å². The molecule has 0 saturated carbocycles. The van der Waals surface area contributed by atoms with E-state index in [9.17, 15) is 26.3 Å². The van der Waals surface area contributed by atoms with E-state index >= 15 is 0 Å². The van der Waals surface area contributed by atoms with Gasteiger partial charge in [-0.2, -0.15) is 26.3 Å². The van der Waals surface area contributed by atoms with Crippen molar-refractivity contribution in [3.05, 3.63) is 69.7 Å². The van der Waals surface area contributed by atoms with Crippen LogP contribution < -0.4 is 0 Å². The van der Waals surface area contributed by atoms with E-state index in [1.54, 1.807) is 0 Å². The Morgan fingerprint density at radius 1 is 0.560 bits per heavy atom. The number of hydrogen-bond donors (Lipinski definition) is 0. The van der Waals surface area contributed by atoms with Crippen LogP contribution in [0.15, 0.2) is 48.5 Å². The van der Waals surface area contributed by atoms with E-state index in [0.29, 0.717) is 0 Å². The SMILES string of the molecule is FC(F)(Cc1ccc(Cl)cc1)C(F)(F)C(F)(F)Cc1ccc(Cl)cc1. The third-order valence-corrected chi connectivity index (χ3v) is 4.10.